The number of benzene rings is 2. The van der Waals surface area contributed by atoms with Crippen molar-refractivity contribution in [2.75, 3.05) is 18.6 Å². The number of anilines is 1. The minimum atomic E-state index is -0.430. The summed E-state index contributed by atoms with van der Waals surface area (Å²) in [7, 11) is 1.33. The number of aromatic nitrogens is 2. The summed E-state index contributed by atoms with van der Waals surface area (Å²) >= 11 is 0. The number of rotatable bonds is 5. The third kappa shape index (κ3) is 3.46. The molecule has 0 saturated carbocycles. The van der Waals surface area contributed by atoms with Gasteiger partial charge >= 0.3 is 11.9 Å². The number of hydrogen-bond acceptors (Lipinski definition) is 6. The standard InChI is InChI=1S/C23H21N3O5/c1-4-31-23(29)16-9-11-17(12-10-16)26-20(18-13(2)24-25-19(18)21(26)27)14-5-7-15(8-6-14)22(28)30-3/h5-12,20H,4H2,1-3H3,(H,24,25). The Morgan fingerprint density at radius 3 is 2.26 bits per heavy atom. The first-order chi connectivity index (χ1) is 15.0. The second-order valence-corrected chi connectivity index (χ2v) is 7.07. The lowest BCUT2D eigenvalue weighted by molar-refractivity contribution is 0.0525. The number of hydrogen-bond donors (Lipinski definition) is 1. The molecule has 0 saturated heterocycles. The largest absolute Gasteiger partial charge is 0.465 e. The molecule has 0 fully saturated rings. The zero-order valence-electron chi connectivity index (χ0n) is 17.3. The number of aryl methyl sites for hydroxylation is 1. The van der Waals surface area contributed by atoms with Gasteiger partial charge in [-0.1, -0.05) is 12.1 Å². The van der Waals surface area contributed by atoms with Gasteiger partial charge in [-0.05, 0) is 55.8 Å². The van der Waals surface area contributed by atoms with Crippen LogP contribution in [-0.4, -0.2) is 41.8 Å². The number of methoxy groups -OCH3 is 1. The second-order valence-electron chi connectivity index (χ2n) is 7.07. The second kappa shape index (κ2) is 8.06. The normalized spacial score (nSPS) is 15.0. The molecule has 1 aliphatic heterocycles. The van der Waals surface area contributed by atoms with E-state index < -0.39 is 18.0 Å². The number of carbonyl (C=O) groups is 3. The van der Waals surface area contributed by atoms with E-state index in [4.69, 9.17) is 9.47 Å². The average Bonchev–Trinajstić information content (AvgIpc) is 3.31. The summed E-state index contributed by atoms with van der Waals surface area (Å²) in [5, 5.41) is 7.08. The van der Waals surface area contributed by atoms with Gasteiger partial charge in [0.25, 0.3) is 5.91 Å². The lowest BCUT2D eigenvalue weighted by Gasteiger charge is -2.26. The van der Waals surface area contributed by atoms with Crippen molar-refractivity contribution in [3.63, 3.8) is 0 Å². The molecule has 4 rings (SSSR count). The molecule has 1 amide bonds. The van der Waals surface area contributed by atoms with E-state index in [0.29, 0.717) is 22.5 Å². The van der Waals surface area contributed by atoms with Crippen LogP contribution in [0.4, 0.5) is 5.69 Å². The third-order valence-electron chi connectivity index (χ3n) is 5.25. The Balaban J connectivity index is 1.75. The highest BCUT2D eigenvalue weighted by atomic mass is 16.5. The van der Waals surface area contributed by atoms with Crippen LogP contribution < -0.4 is 4.90 Å². The van der Waals surface area contributed by atoms with Crippen molar-refractivity contribution in [2.45, 2.75) is 19.9 Å². The maximum absolute atomic E-state index is 13.2. The van der Waals surface area contributed by atoms with Gasteiger partial charge in [0.2, 0.25) is 0 Å². The lowest BCUT2D eigenvalue weighted by Crippen LogP contribution is -2.29. The summed E-state index contributed by atoms with van der Waals surface area (Å²) in [6, 6.07) is 13.2. The average molecular weight is 419 g/mol. The molecule has 2 heterocycles. The zero-order chi connectivity index (χ0) is 22.1. The van der Waals surface area contributed by atoms with Crippen molar-refractivity contribution < 1.29 is 23.9 Å². The number of ether oxygens (including phenoxy) is 2. The quantitative estimate of drug-likeness (QED) is 0.636. The number of aromatic amines is 1. The van der Waals surface area contributed by atoms with Crippen molar-refractivity contribution in [1.82, 2.24) is 10.2 Å². The van der Waals surface area contributed by atoms with E-state index >= 15 is 0 Å². The highest BCUT2D eigenvalue weighted by molar-refractivity contribution is 6.10. The monoisotopic (exact) mass is 419 g/mol. The van der Waals surface area contributed by atoms with Crippen LogP contribution in [0.3, 0.4) is 0 Å². The Morgan fingerprint density at radius 2 is 1.65 bits per heavy atom. The van der Waals surface area contributed by atoms with Crippen LogP contribution in [0.2, 0.25) is 0 Å². The van der Waals surface area contributed by atoms with Gasteiger partial charge in [0.05, 0.1) is 30.9 Å². The van der Waals surface area contributed by atoms with Gasteiger partial charge in [-0.25, -0.2) is 9.59 Å². The van der Waals surface area contributed by atoms with E-state index in [9.17, 15) is 14.4 Å². The number of nitrogens with zero attached hydrogens (tertiary/aromatic N) is 2. The van der Waals surface area contributed by atoms with Gasteiger partial charge in [-0.15, -0.1) is 0 Å². The number of esters is 2. The molecule has 2 aromatic carbocycles. The van der Waals surface area contributed by atoms with Gasteiger partial charge in [0.15, 0.2) is 5.69 Å². The topological polar surface area (TPSA) is 102 Å². The van der Waals surface area contributed by atoms with Crippen LogP contribution in [0.5, 0.6) is 0 Å². The van der Waals surface area contributed by atoms with Crippen LogP contribution >= 0.6 is 0 Å². The smallest absolute Gasteiger partial charge is 0.338 e. The molecule has 158 valence electrons. The number of amides is 1. The molecule has 0 spiro atoms. The fourth-order valence-electron chi connectivity index (χ4n) is 3.77. The molecule has 31 heavy (non-hydrogen) atoms. The first-order valence-electron chi connectivity index (χ1n) is 9.80. The SMILES string of the molecule is CCOC(=O)c1ccc(N2C(=O)c3n[nH]c(C)c3C2c2ccc(C(=O)OC)cc2)cc1. The molecule has 1 aromatic heterocycles. The molecular weight excluding hydrogens is 398 g/mol. The molecule has 1 unspecified atom stereocenters. The maximum Gasteiger partial charge on any atom is 0.338 e. The van der Waals surface area contributed by atoms with Gasteiger partial charge in [-0.2, -0.15) is 5.10 Å². The van der Waals surface area contributed by atoms with E-state index in [0.717, 1.165) is 16.8 Å². The minimum absolute atomic E-state index is 0.245. The predicted molar refractivity (Wildman–Crippen MR) is 112 cm³/mol. The van der Waals surface area contributed by atoms with Crippen molar-refractivity contribution >= 4 is 23.5 Å². The van der Waals surface area contributed by atoms with E-state index in [1.54, 1.807) is 60.4 Å². The van der Waals surface area contributed by atoms with Gasteiger partial charge in [-0.3, -0.25) is 14.8 Å². The molecule has 1 aliphatic rings. The number of nitrogens with one attached hydrogen (secondary N) is 1. The molecule has 1 N–H and O–H groups in total. The molecule has 0 aliphatic carbocycles. The Bertz CT molecular complexity index is 1150. The summed E-state index contributed by atoms with van der Waals surface area (Å²) in [4.78, 5) is 38.6. The Labute approximate surface area is 178 Å². The van der Waals surface area contributed by atoms with E-state index in [2.05, 4.69) is 10.2 Å². The molecule has 0 bridgehead atoms. The summed E-state index contributed by atoms with van der Waals surface area (Å²) in [6.45, 7) is 3.90. The molecule has 1 atom stereocenters. The van der Waals surface area contributed by atoms with Crippen molar-refractivity contribution in [3.8, 4) is 0 Å². The molecule has 0 radical (unpaired) electrons. The number of H-pyrrole nitrogens is 1. The predicted octanol–water partition coefficient (Wildman–Crippen LogP) is 3.43. The van der Waals surface area contributed by atoms with E-state index in [1.165, 1.54) is 7.11 Å². The van der Waals surface area contributed by atoms with Gasteiger partial charge in [0.1, 0.15) is 0 Å². The van der Waals surface area contributed by atoms with Crippen LogP contribution in [0.15, 0.2) is 48.5 Å². The van der Waals surface area contributed by atoms with E-state index in [1.807, 2.05) is 6.92 Å². The molecular formula is C23H21N3O5. The van der Waals surface area contributed by atoms with Crippen LogP contribution in [-0.2, 0) is 9.47 Å². The van der Waals surface area contributed by atoms with Crippen LogP contribution in [0.25, 0.3) is 0 Å². The van der Waals surface area contributed by atoms with Gasteiger partial charge in [0, 0.05) is 16.9 Å². The fourth-order valence-corrected chi connectivity index (χ4v) is 3.77. The van der Waals surface area contributed by atoms with Crippen LogP contribution in [0.1, 0.15) is 61.0 Å². The molecule has 3 aromatic rings. The number of fused-ring (bicyclic) bond motifs is 1. The molecule has 8 nitrogen and oxygen atoms in total. The summed E-state index contributed by atoms with van der Waals surface area (Å²) < 4.78 is 9.79. The highest BCUT2D eigenvalue weighted by Gasteiger charge is 2.42. The molecule has 8 heteroatoms. The van der Waals surface area contributed by atoms with E-state index in [-0.39, 0.29) is 12.5 Å². The Kier molecular flexibility index (Phi) is 5.29. The Morgan fingerprint density at radius 1 is 1.03 bits per heavy atom. The van der Waals surface area contributed by atoms with Gasteiger partial charge < -0.3 is 9.47 Å². The zero-order valence-corrected chi connectivity index (χ0v) is 17.3. The lowest BCUT2D eigenvalue weighted by atomic mass is 9.97. The van der Waals surface area contributed by atoms with Crippen molar-refractivity contribution in [2.24, 2.45) is 0 Å². The first-order valence-corrected chi connectivity index (χ1v) is 9.80. The first kappa shape index (κ1) is 20.3. The van der Waals surface area contributed by atoms with Crippen LogP contribution in [0, 0.1) is 6.92 Å². The summed E-state index contributed by atoms with van der Waals surface area (Å²) in [6.07, 6.45) is 0. The highest BCUT2D eigenvalue weighted by Crippen LogP contribution is 2.42. The summed E-state index contributed by atoms with van der Waals surface area (Å²) in [5.74, 6) is -1.09. The Hall–Kier alpha value is -3.94. The maximum atomic E-state index is 13.2. The minimum Gasteiger partial charge on any atom is -0.465 e. The number of carbonyl (C=O) groups excluding carboxylic acids is 3. The van der Waals surface area contributed by atoms with Crippen molar-refractivity contribution in [3.05, 3.63) is 82.2 Å². The van der Waals surface area contributed by atoms with Crippen molar-refractivity contribution in [1.29, 1.82) is 0 Å². The fraction of sp³-hybridized carbons (Fsp3) is 0.217. The summed E-state index contributed by atoms with van der Waals surface area (Å²) in [5.41, 5.74) is 4.20. The third-order valence-corrected chi connectivity index (χ3v) is 5.25.